The summed E-state index contributed by atoms with van der Waals surface area (Å²) in [6.45, 7) is 8.84. The number of rotatable bonds is 7. The Hall–Kier alpha value is -3.24. The molecule has 0 aliphatic rings. The highest BCUT2D eigenvalue weighted by Gasteiger charge is 2.12. The molecule has 29 heavy (non-hydrogen) atoms. The number of benzene rings is 1. The van der Waals surface area contributed by atoms with Crippen LogP contribution in [0.2, 0.25) is 0 Å². The number of nitrogen functional groups attached to an aromatic ring is 1. The third kappa shape index (κ3) is 6.40. The summed E-state index contributed by atoms with van der Waals surface area (Å²) in [4.78, 5) is 14.7. The third-order valence-corrected chi connectivity index (χ3v) is 4.26. The van der Waals surface area contributed by atoms with Crippen LogP contribution in [-0.4, -0.2) is 12.6 Å². The first-order valence-electron chi connectivity index (χ1n) is 9.02. The maximum absolute atomic E-state index is 11.6. The average Bonchev–Trinajstić information content (AvgIpc) is 2.63. The van der Waals surface area contributed by atoms with Gasteiger partial charge in [0.05, 0.1) is 13.2 Å². The van der Waals surface area contributed by atoms with Crippen molar-refractivity contribution in [2.24, 2.45) is 0 Å². The monoisotopic (exact) mass is 415 g/mol. The molecule has 0 saturated carbocycles. The second-order valence-corrected chi connectivity index (χ2v) is 6.46. The number of pyridine rings is 1. The summed E-state index contributed by atoms with van der Waals surface area (Å²) in [5, 5.41) is 15.2. The molecule has 1 aromatic heterocycles. The van der Waals surface area contributed by atoms with E-state index in [1.165, 1.54) is 28.5 Å². The molecule has 2 aromatic rings. The molecule has 0 fully saturated rings. The zero-order valence-corrected chi connectivity index (χ0v) is 17.8. The summed E-state index contributed by atoms with van der Waals surface area (Å²) in [7, 11) is 0. The summed E-state index contributed by atoms with van der Waals surface area (Å²) in [5.74, 6) is 0.458. The lowest BCUT2D eigenvalue weighted by atomic mass is 10.00. The van der Waals surface area contributed by atoms with Gasteiger partial charge in [-0.1, -0.05) is 17.7 Å². The summed E-state index contributed by atoms with van der Waals surface area (Å²) >= 11 is 0. The molecule has 0 unspecified atom stereocenters. The Morgan fingerprint density at radius 3 is 2.48 bits per heavy atom. The molecule has 0 aliphatic carbocycles. The number of nitrogens with two attached hydrogens (primary N) is 1. The second kappa shape index (κ2) is 10.9. The summed E-state index contributed by atoms with van der Waals surface area (Å²) in [5.41, 5.74) is 11.4. The van der Waals surface area contributed by atoms with Gasteiger partial charge in [-0.2, -0.15) is 5.26 Å². The van der Waals surface area contributed by atoms with Crippen LogP contribution in [0.3, 0.4) is 0 Å². The molecular weight excluding hydrogens is 390 g/mol. The van der Waals surface area contributed by atoms with Crippen LogP contribution in [0.25, 0.3) is 0 Å². The van der Waals surface area contributed by atoms with E-state index in [9.17, 15) is 4.79 Å². The number of carbonyl (C=O) groups excluding carboxylic acids is 1. The van der Waals surface area contributed by atoms with Gasteiger partial charge in [0.1, 0.15) is 11.8 Å². The van der Waals surface area contributed by atoms with E-state index in [2.05, 4.69) is 48.5 Å². The van der Waals surface area contributed by atoms with Crippen molar-refractivity contribution in [2.75, 3.05) is 23.0 Å². The minimum absolute atomic E-state index is 0. The molecule has 0 atom stereocenters. The van der Waals surface area contributed by atoms with Crippen molar-refractivity contribution in [1.29, 1.82) is 5.26 Å². The topological polar surface area (TPSA) is 114 Å². The van der Waals surface area contributed by atoms with Crippen LogP contribution in [0.5, 0.6) is 0 Å². The average molecular weight is 416 g/mol. The standard InChI is InChI=1S/C21H25N5O2.ClH/c1-5-28-21(27)16(10-22)11-24-18-6-7-19(26-20(18)23)25-12-17-14(3)8-13(2)9-15(17)4;/h6-9,11,24H,5,12H2,1-4H3,(H3,23,25,26);1H/b16-11+;. The lowest BCUT2D eigenvalue weighted by Crippen LogP contribution is -3.00. The zero-order valence-electron chi connectivity index (χ0n) is 17.0. The van der Waals surface area contributed by atoms with Gasteiger partial charge in [0.2, 0.25) is 11.6 Å². The van der Waals surface area contributed by atoms with Crippen LogP contribution in [0, 0.1) is 32.1 Å². The number of halogens is 1. The Balaban J connectivity index is 0.00000420. The number of aryl methyl sites for hydroxylation is 3. The lowest BCUT2D eigenvalue weighted by Gasteiger charge is -2.11. The van der Waals surface area contributed by atoms with Crippen molar-refractivity contribution in [3.05, 3.63) is 58.3 Å². The Kier molecular flexibility index (Phi) is 8.97. The van der Waals surface area contributed by atoms with E-state index in [0.717, 1.165) is 5.82 Å². The van der Waals surface area contributed by atoms with E-state index in [0.29, 0.717) is 18.1 Å². The Bertz CT molecular complexity index is 928. The van der Waals surface area contributed by atoms with Gasteiger partial charge in [0, 0.05) is 12.3 Å². The number of aromatic nitrogens is 1. The highest BCUT2D eigenvalue weighted by Crippen LogP contribution is 2.19. The molecular formula is C21H26ClN5O2. The van der Waals surface area contributed by atoms with Gasteiger partial charge < -0.3 is 33.5 Å². The number of aromatic amines is 1. The molecule has 0 saturated heterocycles. The van der Waals surface area contributed by atoms with Crippen LogP contribution < -0.4 is 33.8 Å². The van der Waals surface area contributed by atoms with Crippen molar-refractivity contribution in [3.8, 4) is 6.07 Å². The van der Waals surface area contributed by atoms with Gasteiger partial charge in [-0.05, 0) is 50.5 Å². The van der Waals surface area contributed by atoms with Crippen molar-refractivity contribution < 1.29 is 26.9 Å². The van der Waals surface area contributed by atoms with Gasteiger partial charge >= 0.3 is 5.97 Å². The van der Waals surface area contributed by atoms with E-state index >= 15 is 0 Å². The van der Waals surface area contributed by atoms with E-state index in [4.69, 9.17) is 15.7 Å². The molecule has 8 heteroatoms. The van der Waals surface area contributed by atoms with E-state index < -0.39 is 5.97 Å². The van der Waals surface area contributed by atoms with E-state index in [1.54, 1.807) is 19.1 Å². The Morgan fingerprint density at radius 1 is 1.28 bits per heavy atom. The first kappa shape index (κ1) is 23.8. The van der Waals surface area contributed by atoms with Gasteiger partial charge in [-0.25, -0.2) is 9.78 Å². The zero-order chi connectivity index (χ0) is 20.7. The molecule has 1 heterocycles. The minimum atomic E-state index is -0.679. The highest BCUT2D eigenvalue weighted by atomic mass is 35.5. The quantitative estimate of drug-likeness (QED) is 0.333. The van der Waals surface area contributed by atoms with Gasteiger partial charge in [-0.3, -0.25) is 0 Å². The normalized spacial score (nSPS) is 10.5. The van der Waals surface area contributed by atoms with Crippen LogP contribution in [-0.2, 0) is 16.1 Å². The van der Waals surface area contributed by atoms with Crippen LogP contribution in [0.1, 0.15) is 29.2 Å². The number of hydrogen-bond acceptors (Lipinski definition) is 6. The maximum Gasteiger partial charge on any atom is 0.350 e. The number of anilines is 3. The van der Waals surface area contributed by atoms with Crippen molar-refractivity contribution >= 4 is 23.3 Å². The number of H-pyrrole nitrogens is 1. The largest absolute Gasteiger partial charge is 1.00 e. The van der Waals surface area contributed by atoms with Gasteiger partial charge in [0.25, 0.3) is 0 Å². The summed E-state index contributed by atoms with van der Waals surface area (Å²) < 4.78 is 4.81. The number of nitrogens with one attached hydrogen (secondary N) is 3. The first-order valence-corrected chi connectivity index (χ1v) is 9.02. The molecule has 5 N–H and O–H groups in total. The fourth-order valence-corrected chi connectivity index (χ4v) is 2.91. The highest BCUT2D eigenvalue weighted by molar-refractivity contribution is 5.93. The minimum Gasteiger partial charge on any atom is -1.00 e. The molecule has 0 radical (unpaired) electrons. The summed E-state index contributed by atoms with van der Waals surface area (Å²) in [6, 6.07) is 9.73. The lowest BCUT2D eigenvalue weighted by molar-refractivity contribution is -0.342. The summed E-state index contributed by atoms with van der Waals surface area (Å²) in [6.07, 6.45) is 1.28. The van der Waals surface area contributed by atoms with Crippen molar-refractivity contribution in [2.45, 2.75) is 34.2 Å². The Labute approximate surface area is 177 Å². The first-order chi connectivity index (χ1) is 13.3. The Morgan fingerprint density at radius 2 is 1.93 bits per heavy atom. The predicted octanol–water partition coefficient (Wildman–Crippen LogP) is 0.00674. The molecule has 7 nitrogen and oxygen atoms in total. The third-order valence-electron chi connectivity index (χ3n) is 4.26. The number of esters is 1. The number of carbonyl (C=O) groups is 1. The fraction of sp³-hybridized carbons (Fsp3) is 0.286. The van der Waals surface area contributed by atoms with Gasteiger partial charge in [0.15, 0.2) is 5.57 Å². The smallest absolute Gasteiger partial charge is 0.350 e. The van der Waals surface area contributed by atoms with E-state index in [-0.39, 0.29) is 24.6 Å². The number of nitriles is 1. The van der Waals surface area contributed by atoms with Crippen LogP contribution in [0.4, 0.5) is 17.3 Å². The SMILES string of the molecule is CCOC(=O)/C(C#N)=C/Nc1ccc(NCc2c(C)cc(C)cc2C)[nH+]c1N.[Cl-]. The number of nitrogens with zero attached hydrogens (tertiary/aromatic N) is 1. The molecule has 2 rings (SSSR count). The number of ether oxygens (including phenoxy) is 1. The van der Waals surface area contributed by atoms with Gasteiger partial charge in [-0.15, -0.1) is 0 Å². The van der Waals surface area contributed by atoms with E-state index in [1.807, 2.05) is 6.07 Å². The second-order valence-electron chi connectivity index (χ2n) is 6.46. The molecule has 0 spiro atoms. The molecule has 0 bridgehead atoms. The molecule has 0 amide bonds. The molecule has 154 valence electrons. The predicted molar refractivity (Wildman–Crippen MR) is 109 cm³/mol. The molecule has 1 aromatic carbocycles. The van der Waals surface area contributed by atoms with Crippen molar-refractivity contribution in [3.63, 3.8) is 0 Å². The fourth-order valence-electron chi connectivity index (χ4n) is 2.91. The molecule has 0 aliphatic heterocycles. The van der Waals surface area contributed by atoms with Crippen LogP contribution in [0.15, 0.2) is 36.0 Å². The maximum atomic E-state index is 11.6. The van der Waals surface area contributed by atoms with Crippen LogP contribution >= 0.6 is 0 Å². The van der Waals surface area contributed by atoms with Crippen molar-refractivity contribution in [1.82, 2.24) is 0 Å². The number of hydrogen-bond donors (Lipinski definition) is 3.